The molecule has 2 heteroatoms. The Morgan fingerprint density at radius 1 is 1.31 bits per heavy atom. The smallest absolute Gasteiger partial charge is 0.0239 e. The summed E-state index contributed by atoms with van der Waals surface area (Å²) in [6.07, 6.45) is 2.15. The van der Waals surface area contributed by atoms with Gasteiger partial charge in [0.25, 0.3) is 0 Å². The third-order valence-electron chi connectivity index (χ3n) is 2.67. The molecule has 0 aliphatic heterocycles. The van der Waals surface area contributed by atoms with Gasteiger partial charge in [0.2, 0.25) is 0 Å². The van der Waals surface area contributed by atoms with E-state index in [0.29, 0.717) is 6.04 Å². The van der Waals surface area contributed by atoms with Crippen molar-refractivity contribution in [3.8, 4) is 0 Å². The van der Waals surface area contributed by atoms with Crippen LogP contribution in [-0.2, 0) is 6.54 Å². The maximum atomic E-state index is 5.88. The average Bonchev–Trinajstić information content (AvgIpc) is 2.43. The zero-order valence-electron chi connectivity index (χ0n) is 8.88. The molecule has 0 spiro atoms. The highest BCUT2D eigenvalue weighted by molar-refractivity contribution is 5.13. The van der Waals surface area contributed by atoms with Crippen molar-refractivity contribution in [2.24, 2.45) is 5.73 Å². The molecule has 13 heavy (non-hydrogen) atoms. The molecule has 1 heterocycles. The minimum Gasteiger partial charge on any atom is -0.349 e. The number of rotatable bonds is 4. The second-order valence-corrected chi connectivity index (χ2v) is 3.72. The molecule has 0 bridgehead atoms. The summed E-state index contributed by atoms with van der Waals surface area (Å²) in [5, 5.41) is 0. The third kappa shape index (κ3) is 2.59. The van der Waals surface area contributed by atoms with Gasteiger partial charge in [-0.2, -0.15) is 0 Å². The fourth-order valence-corrected chi connectivity index (χ4v) is 1.55. The van der Waals surface area contributed by atoms with Gasteiger partial charge in [-0.25, -0.2) is 0 Å². The molecule has 1 aromatic heterocycles. The van der Waals surface area contributed by atoms with Gasteiger partial charge < -0.3 is 10.3 Å². The molecule has 2 nitrogen and oxygen atoms in total. The van der Waals surface area contributed by atoms with Crippen molar-refractivity contribution < 1.29 is 0 Å². The average molecular weight is 180 g/mol. The Balaban J connectivity index is 2.53. The molecular formula is C11H20N2. The van der Waals surface area contributed by atoms with Crippen molar-refractivity contribution in [1.82, 2.24) is 4.57 Å². The lowest BCUT2D eigenvalue weighted by atomic mass is 10.2. The van der Waals surface area contributed by atoms with Crippen LogP contribution in [-0.4, -0.2) is 10.6 Å². The second-order valence-electron chi connectivity index (χ2n) is 3.72. The lowest BCUT2D eigenvalue weighted by Crippen LogP contribution is -2.21. The predicted octanol–water partition coefficient (Wildman–Crippen LogP) is 2.23. The Bertz CT molecular complexity index is 244. The Morgan fingerprint density at radius 2 is 1.85 bits per heavy atom. The SMILES string of the molecule is CCC(N)CCn1c(C)ccc1C. The van der Waals surface area contributed by atoms with Crippen LogP contribution in [0.15, 0.2) is 12.1 Å². The highest BCUT2D eigenvalue weighted by atomic mass is 15.0. The molecule has 1 rings (SSSR count). The van der Waals surface area contributed by atoms with Crippen molar-refractivity contribution in [2.45, 2.75) is 46.2 Å². The number of nitrogens with two attached hydrogens (primary N) is 1. The number of aryl methyl sites for hydroxylation is 2. The van der Waals surface area contributed by atoms with Crippen LogP contribution in [0, 0.1) is 13.8 Å². The standard InChI is InChI=1S/C11H20N2/c1-4-11(12)7-8-13-9(2)5-6-10(13)3/h5-6,11H,4,7-8,12H2,1-3H3. The first-order valence-electron chi connectivity index (χ1n) is 5.03. The van der Waals surface area contributed by atoms with Crippen molar-refractivity contribution >= 4 is 0 Å². The first kappa shape index (κ1) is 10.3. The molecule has 1 unspecified atom stereocenters. The molecule has 0 radical (unpaired) electrons. The summed E-state index contributed by atoms with van der Waals surface area (Å²) >= 11 is 0. The molecule has 74 valence electrons. The molecule has 1 aromatic rings. The van der Waals surface area contributed by atoms with Crippen LogP contribution in [0.4, 0.5) is 0 Å². The zero-order chi connectivity index (χ0) is 9.84. The van der Waals surface area contributed by atoms with E-state index in [1.165, 1.54) is 11.4 Å². The minimum absolute atomic E-state index is 0.348. The Labute approximate surface area is 80.7 Å². The first-order chi connectivity index (χ1) is 6.15. The van der Waals surface area contributed by atoms with Crippen LogP contribution in [0.3, 0.4) is 0 Å². The van der Waals surface area contributed by atoms with E-state index in [2.05, 4.69) is 37.5 Å². The molecule has 2 N–H and O–H groups in total. The molecule has 0 saturated carbocycles. The fraction of sp³-hybridized carbons (Fsp3) is 0.636. The van der Waals surface area contributed by atoms with E-state index >= 15 is 0 Å². The summed E-state index contributed by atoms with van der Waals surface area (Å²) in [4.78, 5) is 0. The van der Waals surface area contributed by atoms with Crippen LogP contribution in [0.2, 0.25) is 0 Å². The molecule has 0 amide bonds. The maximum Gasteiger partial charge on any atom is 0.0239 e. The summed E-state index contributed by atoms with van der Waals surface area (Å²) in [6.45, 7) is 7.48. The quantitative estimate of drug-likeness (QED) is 0.757. The number of hydrogen-bond donors (Lipinski definition) is 1. The van der Waals surface area contributed by atoms with Gasteiger partial charge >= 0.3 is 0 Å². The summed E-state index contributed by atoms with van der Waals surface area (Å²) < 4.78 is 2.33. The van der Waals surface area contributed by atoms with Gasteiger partial charge in [0.05, 0.1) is 0 Å². The van der Waals surface area contributed by atoms with E-state index in [0.717, 1.165) is 19.4 Å². The van der Waals surface area contributed by atoms with Gasteiger partial charge in [-0.1, -0.05) is 6.92 Å². The molecule has 0 aliphatic carbocycles. The lowest BCUT2D eigenvalue weighted by molar-refractivity contribution is 0.521. The number of aromatic nitrogens is 1. The van der Waals surface area contributed by atoms with E-state index in [9.17, 15) is 0 Å². The van der Waals surface area contributed by atoms with Crippen molar-refractivity contribution in [3.63, 3.8) is 0 Å². The van der Waals surface area contributed by atoms with Crippen LogP contribution < -0.4 is 5.73 Å². The Kier molecular flexibility index (Phi) is 3.55. The second kappa shape index (κ2) is 4.47. The molecule has 1 atom stereocenters. The van der Waals surface area contributed by atoms with Crippen LogP contribution in [0.25, 0.3) is 0 Å². The fourth-order valence-electron chi connectivity index (χ4n) is 1.55. The number of nitrogens with zero attached hydrogens (tertiary/aromatic N) is 1. The van der Waals surface area contributed by atoms with E-state index < -0.39 is 0 Å². The number of hydrogen-bond acceptors (Lipinski definition) is 1. The monoisotopic (exact) mass is 180 g/mol. The summed E-state index contributed by atoms with van der Waals surface area (Å²) in [5.41, 5.74) is 8.54. The zero-order valence-corrected chi connectivity index (χ0v) is 8.88. The van der Waals surface area contributed by atoms with Gasteiger partial charge in [0.1, 0.15) is 0 Å². The van der Waals surface area contributed by atoms with Gasteiger partial charge in [-0.15, -0.1) is 0 Å². The highest BCUT2D eigenvalue weighted by Gasteiger charge is 2.03. The Morgan fingerprint density at radius 3 is 2.31 bits per heavy atom. The lowest BCUT2D eigenvalue weighted by Gasteiger charge is -2.12. The van der Waals surface area contributed by atoms with Gasteiger partial charge in [-0.3, -0.25) is 0 Å². The largest absolute Gasteiger partial charge is 0.349 e. The van der Waals surface area contributed by atoms with Crippen LogP contribution in [0.5, 0.6) is 0 Å². The topological polar surface area (TPSA) is 30.9 Å². The minimum atomic E-state index is 0.348. The van der Waals surface area contributed by atoms with Crippen molar-refractivity contribution in [1.29, 1.82) is 0 Å². The summed E-state index contributed by atoms with van der Waals surface area (Å²) in [6, 6.07) is 4.67. The molecule has 0 fully saturated rings. The van der Waals surface area contributed by atoms with E-state index in [1.54, 1.807) is 0 Å². The van der Waals surface area contributed by atoms with Crippen molar-refractivity contribution in [2.75, 3.05) is 0 Å². The maximum absolute atomic E-state index is 5.88. The van der Waals surface area contributed by atoms with Crippen molar-refractivity contribution in [3.05, 3.63) is 23.5 Å². The van der Waals surface area contributed by atoms with Crippen LogP contribution in [0.1, 0.15) is 31.2 Å². The van der Waals surface area contributed by atoms with E-state index in [1.807, 2.05) is 0 Å². The van der Waals surface area contributed by atoms with Crippen LogP contribution >= 0.6 is 0 Å². The Hall–Kier alpha value is -0.760. The summed E-state index contributed by atoms with van der Waals surface area (Å²) in [7, 11) is 0. The van der Waals surface area contributed by atoms with Gasteiger partial charge in [0.15, 0.2) is 0 Å². The molecule has 0 saturated heterocycles. The first-order valence-corrected chi connectivity index (χ1v) is 5.03. The molecule has 0 aromatic carbocycles. The highest BCUT2D eigenvalue weighted by Crippen LogP contribution is 2.08. The van der Waals surface area contributed by atoms with Gasteiger partial charge in [-0.05, 0) is 38.8 Å². The van der Waals surface area contributed by atoms with E-state index in [-0.39, 0.29) is 0 Å². The molecule has 0 aliphatic rings. The normalized spacial score (nSPS) is 13.2. The third-order valence-corrected chi connectivity index (χ3v) is 2.67. The summed E-state index contributed by atoms with van der Waals surface area (Å²) in [5.74, 6) is 0. The van der Waals surface area contributed by atoms with Gasteiger partial charge in [0, 0.05) is 24.0 Å². The molecular weight excluding hydrogens is 160 g/mol. The predicted molar refractivity (Wildman–Crippen MR) is 56.8 cm³/mol. The van der Waals surface area contributed by atoms with E-state index in [4.69, 9.17) is 5.73 Å².